The Morgan fingerprint density at radius 2 is 1.17 bits per heavy atom. The highest BCUT2D eigenvalue weighted by molar-refractivity contribution is 6.16. The monoisotopic (exact) mass is 665 g/mol. The first-order chi connectivity index (χ1) is 25.8. The lowest BCUT2D eigenvalue weighted by atomic mass is 9.99. The molecule has 11 aromatic rings. The van der Waals surface area contributed by atoms with E-state index >= 15 is 0 Å². The van der Waals surface area contributed by atoms with Crippen LogP contribution in [0.5, 0.6) is 0 Å². The number of rotatable bonds is 4. The van der Waals surface area contributed by atoms with E-state index in [1.54, 1.807) is 6.20 Å². The lowest BCUT2D eigenvalue weighted by molar-refractivity contribution is 0.668. The fourth-order valence-electron chi connectivity index (χ4n) is 7.81. The Hall–Kier alpha value is -7.18. The molecule has 0 bridgehead atoms. The highest BCUT2D eigenvalue weighted by atomic mass is 16.3. The van der Waals surface area contributed by atoms with Gasteiger partial charge in [0.2, 0.25) is 5.95 Å². The molecule has 0 fully saturated rings. The highest BCUT2D eigenvalue weighted by Crippen LogP contribution is 2.40. The lowest BCUT2D eigenvalue weighted by Gasteiger charge is -2.12. The number of hydrogen-bond donors (Lipinski definition) is 0. The van der Waals surface area contributed by atoms with Crippen molar-refractivity contribution in [3.63, 3.8) is 0 Å². The first-order valence-corrected chi connectivity index (χ1v) is 17.3. The molecule has 4 heterocycles. The predicted molar refractivity (Wildman–Crippen MR) is 211 cm³/mol. The summed E-state index contributed by atoms with van der Waals surface area (Å²) in [6, 6.07) is 52.7. The van der Waals surface area contributed by atoms with Crippen molar-refractivity contribution in [1.82, 2.24) is 24.5 Å². The Labute approximate surface area is 297 Å². The van der Waals surface area contributed by atoms with Crippen molar-refractivity contribution in [3.8, 4) is 39.9 Å². The van der Waals surface area contributed by atoms with Crippen LogP contribution in [0.25, 0.3) is 105 Å². The zero-order valence-electron chi connectivity index (χ0n) is 27.7. The molecule has 6 heteroatoms. The van der Waals surface area contributed by atoms with E-state index < -0.39 is 0 Å². The van der Waals surface area contributed by atoms with Gasteiger partial charge in [0.05, 0.1) is 11.0 Å². The lowest BCUT2D eigenvalue weighted by Crippen LogP contribution is -2.06. The Bertz CT molecular complexity index is 3200. The summed E-state index contributed by atoms with van der Waals surface area (Å²) in [5.41, 5.74) is 7.64. The van der Waals surface area contributed by atoms with Crippen molar-refractivity contribution in [2.75, 3.05) is 0 Å². The summed E-state index contributed by atoms with van der Waals surface area (Å²) in [6.45, 7) is 0. The topological polar surface area (TPSA) is 69.6 Å². The third-order valence-corrected chi connectivity index (χ3v) is 10.1. The van der Waals surface area contributed by atoms with E-state index in [4.69, 9.17) is 19.4 Å². The van der Waals surface area contributed by atoms with E-state index in [2.05, 4.69) is 143 Å². The molecule has 0 saturated heterocycles. The molecule has 0 atom stereocenters. The summed E-state index contributed by atoms with van der Waals surface area (Å²) >= 11 is 0. The average Bonchev–Trinajstić information content (AvgIpc) is 3.77. The van der Waals surface area contributed by atoms with Crippen LogP contribution in [0.4, 0.5) is 0 Å². The molecule has 0 aliphatic heterocycles. The molecule has 0 radical (unpaired) electrons. The van der Waals surface area contributed by atoms with Crippen molar-refractivity contribution in [2.45, 2.75) is 0 Å². The van der Waals surface area contributed by atoms with E-state index in [1.165, 1.54) is 10.8 Å². The normalized spacial score (nSPS) is 11.8. The third kappa shape index (κ3) is 4.31. The van der Waals surface area contributed by atoms with Gasteiger partial charge in [-0.05, 0) is 63.0 Å². The van der Waals surface area contributed by atoms with Gasteiger partial charge in [0.1, 0.15) is 11.2 Å². The maximum Gasteiger partial charge on any atom is 0.238 e. The maximum absolute atomic E-state index is 6.28. The van der Waals surface area contributed by atoms with Gasteiger partial charge < -0.3 is 4.42 Å². The Morgan fingerprint density at radius 1 is 0.442 bits per heavy atom. The van der Waals surface area contributed by atoms with E-state index in [-0.39, 0.29) is 0 Å². The first-order valence-electron chi connectivity index (χ1n) is 17.3. The zero-order chi connectivity index (χ0) is 34.2. The molecule has 0 amide bonds. The number of para-hydroxylation sites is 1. The average molecular weight is 666 g/mol. The molecule has 0 saturated carbocycles. The molecule has 242 valence electrons. The van der Waals surface area contributed by atoms with Crippen LogP contribution in [0, 0.1) is 0 Å². The summed E-state index contributed by atoms with van der Waals surface area (Å²) < 4.78 is 8.45. The smallest absolute Gasteiger partial charge is 0.238 e. The Morgan fingerprint density at radius 3 is 2.10 bits per heavy atom. The van der Waals surface area contributed by atoms with Crippen molar-refractivity contribution in [1.29, 1.82) is 0 Å². The van der Waals surface area contributed by atoms with Crippen LogP contribution in [0.2, 0.25) is 0 Å². The molecule has 11 rings (SSSR count). The molecular formula is C46H27N5O. The van der Waals surface area contributed by atoms with Crippen LogP contribution >= 0.6 is 0 Å². The molecule has 0 unspecified atom stereocenters. The van der Waals surface area contributed by atoms with Crippen molar-refractivity contribution in [3.05, 3.63) is 164 Å². The fourth-order valence-corrected chi connectivity index (χ4v) is 7.81. The van der Waals surface area contributed by atoms with Gasteiger partial charge >= 0.3 is 0 Å². The van der Waals surface area contributed by atoms with Crippen LogP contribution in [-0.4, -0.2) is 24.5 Å². The number of benzene rings is 7. The molecule has 0 aliphatic rings. The minimum absolute atomic E-state index is 0.539. The largest absolute Gasteiger partial charge is 0.456 e. The van der Waals surface area contributed by atoms with Crippen molar-refractivity contribution < 1.29 is 4.42 Å². The highest BCUT2D eigenvalue weighted by Gasteiger charge is 2.22. The van der Waals surface area contributed by atoms with Crippen LogP contribution in [0.15, 0.2) is 168 Å². The van der Waals surface area contributed by atoms with Gasteiger partial charge in [-0.1, -0.05) is 121 Å². The molecule has 4 aromatic heterocycles. The second kappa shape index (κ2) is 11.2. The number of nitrogens with zero attached hydrogens (tertiary/aromatic N) is 5. The first kappa shape index (κ1) is 28.6. The van der Waals surface area contributed by atoms with Crippen molar-refractivity contribution >= 4 is 65.3 Å². The van der Waals surface area contributed by atoms with Crippen LogP contribution in [0.3, 0.4) is 0 Å². The minimum Gasteiger partial charge on any atom is -0.456 e. The van der Waals surface area contributed by atoms with Crippen LogP contribution < -0.4 is 0 Å². The summed E-state index contributed by atoms with van der Waals surface area (Å²) in [4.78, 5) is 20.3. The molecule has 7 aromatic carbocycles. The van der Waals surface area contributed by atoms with Crippen LogP contribution in [0.1, 0.15) is 0 Å². The van der Waals surface area contributed by atoms with E-state index in [9.17, 15) is 0 Å². The Balaban J connectivity index is 1.24. The fraction of sp³-hybridized carbons (Fsp3) is 0. The second-order valence-electron chi connectivity index (χ2n) is 13.1. The minimum atomic E-state index is 0.539. The molecule has 0 spiro atoms. The molecule has 0 aliphatic carbocycles. The summed E-state index contributed by atoms with van der Waals surface area (Å²) in [7, 11) is 0. The molecule has 0 N–H and O–H groups in total. The molecule has 52 heavy (non-hydrogen) atoms. The van der Waals surface area contributed by atoms with Gasteiger partial charge in [0, 0.05) is 45.1 Å². The van der Waals surface area contributed by atoms with E-state index in [0.29, 0.717) is 17.6 Å². The number of hydrogen-bond acceptors (Lipinski definition) is 5. The quantitative estimate of drug-likeness (QED) is 0.175. The van der Waals surface area contributed by atoms with Crippen LogP contribution in [-0.2, 0) is 0 Å². The standard InChI is InChI=1S/C46H27N5O/c1-2-10-28(11-3-1)33-15-8-18-39-42(33)34-14-6-7-17-38(34)51(39)46-49-44(31-23-22-30-21-20-29-12-4-5-13-32(29)36(30)26-31)48-45(50-46)35-16-9-19-41-43(35)37-27-47-25-24-40(37)52-41/h1-27H. The number of pyridine rings is 1. The number of aromatic nitrogens is 5. The van der Waals surface area contributed by atoms with Gasteiger partial charge in [-0.15, -0.1) is 0 Å². The third-order valence-electron chi connectivity index (χ3n) is 10.1. The number of fused-ring (bicyclic) bond motifs is 9. The zero-order valence-corrected chi connectivity index (χ0v) is 27.7. The van der Waals surface area contributed by atoms with Gasteiger partial charge in [0.15, 0.2) is 11.6 Å². The Kier molecular flexibility index (Phi) is 6.15. The maximum atomic E-state index is 6.28. The second-order valence-corrected chi connectivity index (χ2v) is 13.1. The van der Waals surface area contributed by atoms with Gasteiger partial charge in [-0.25, -0.2) is 4.98 Å². The SMILES string of the molecule is c1ccc(-c2cccc3c2c2ccccc2n3-c2nc(-c3ccc4ccc5ccccc5c4c3)nc(-c3cccc4oc5ccncc5c34)n2)cc1. The summed E-state index contributed by atoms with van der Waals surface area (Å²) in [5, 5.41) is 8.81. The molecule has 6 nitrogen and oxygen atoms in total. The van der Waals surface area contributed by atoms with Crippen molar-refractivity contribution in [2.24, 2.45) is 0 Å². The molecular weight excluding hydrogens is 639 g/mol. The van der Waals surface area contributed by atoms with Gasteiger partial charge in [-0.2, -0.15) is 9.97 Å². The number of furan rings is 1. The van der Waals surface area contributed by atoms with Gasteiger partial charge in [-0.3, -0.25) is 9.55 Å². The summed E-state index contributed by atoms with van der Waals surface area (Å²) in [5.74, 6) is 1.68. The van der Waals surface area contributed by atoms with E-state index in [0.717, 1.165) is 76.8 Å². The van der Waals surface area contributed by atoms with Gasteiger partial charge in [0.25, 0.3) is 0 Å². The summed E-state index contributed by atoms with van der Waals surface area (Å²) in [6.07, 6.45) is 3.60. The van der Waals surface area contributed by atoms with E-state index in [1.807, 2.05) is 24.4 Å². The predicted octanol–water partition coefficient (Wildman–Crippen LogP) is 11.6.